The van der Waals surface area contributed by atoms with Gasteiger partial charge in [0.25, 0.3) is 0 Å². The van der Waals surface area contributed by atoms with Gasteiger partial charge in [0.2, 0.25) is 0 Å². The molecule has 0 bridgehead atoms. The summed E-state index contributed by atoms with van der Waals surface area (Å²) in [4.78, 5) is 8.27. The fourth-order valence-corrected chi connectivity index (χ4v) is 3.56. The number of hydrogen-bond acceptors (Lipinski definition) is 4. The molecule has 1 saturated heterocycles. The minimum atomic E-state index is -0.536. The molecule has 0 aliphatic carbocycles. The molecule has 1 aliphatic heterocycles. The monoisotopic (exact) mass is 254 g/mol. The fraction of sp³-hybridized carbons (Fsp3) is 0.769. The van der Waals surface area contributed by atoms with Crippen LogP contribution in [0.1, 0.15) is 36.3 Å². The molecule has 96 valence electrons. The van der Waals surface area contributed by atoms with Gasteiger partial charge in [-0.05, 0) is 26.2 Å². The quantitative estimate of drug-likeness (QED) is 0.898. The number of β-amino-alcohol motifs (C(OH)–C–C–N with tert-alkyl or cyclic N) is 1. The minimum Gasteiger partial charge on any atom is -0.389 e. The van der Waals surface area contributed by atoms with Crippen LogP contribution in [-0.4, -0.2) is 33.7 Å². The van der Waals surface area contributed by atoms with Crippen molar-refractivity contribution in [3.05, 3.63) is 15.6 Å². The van der Waals surface area contributed by atoms with Crippen molar-refractivity contribution in [2.75, 3.05) is 13.1 Å². The normalized spacial score (nSPS) is 30.1. The highest BCUT2D eigenvalue weighted by atomic mass is 32.1. The van der Waals surface area contributed by atoms with Crippen molar-refractivity contribution >= 4 is 11.3 Å². The Balaban J connectivity index is 2.07. The highest BCUT2D eigenvalue weighted by Gasteiger charge is 2.38. The first-order valence-corrected chi connectivity index (χ1v) is 7.14. The van der Waals surface area contributed by atoms with Crippen LogP contribution in [0.5, 0.6) is 0 Å². The predicted molar refractivity (Wildman–Crippen MR) is 71.3 cm³/mol. The van der Waals surface area contributed by atoms with E-state index in [1.165, 1.54) is 10.6 Å². The van der Waals surface area contributed by atoms with Gasteiger partial charge in [-0.15, -0.1) is 11.3 Å². The third-order valence-electron chi connectivity index (χ3n) is 3.72. The molecule has 0 unspecified atom stereocenters. The van der Waals surface area contributed by atoms with Gasteiger partial charge in [0.05, 0.1) is 16.3 Å². The second-order valence-electron chi connectivity index (χ2n) is 5.38. The predicted octanol–water partition coefficient (Wildman–Crippen LogP) is 2.22. The van der Waals surface area contributed by atoms with Crippen molar-refractivity contribution in [3.8, 4) is 0 Å². The second-order valence-corrected chi connectivity index (χ2v) is 6.67. The van der Waals surface area contributed by atoms with E-state index in [0.29, 0.717) is 5.92 Å². The van der Waals surface area contributed by atoms with Gasteiger partial charge in [-0.2, -0.15) is 0 Å². The van der Waals surface area contributed by atoms with E-state index in [-0.39, 0.29) is 0 Å². The zero-order chi connectivity index (χ0) is 12.6. The van der Waals surface area contributed by atoms with Crippen LogP contribution < -0.4 is 0 Å². The zero-order valence-corrected chi connectivity index (χ0v) is 12.0. The average molecular weight is 254 g/mol. The number of aliphatic hydroxyl groups is 1. The molecule has 2 atom stereocenters. The minimum absolute atomic E-state index is 0.349. The van der Waals surface area contributed by atoms with E-state index >= 15 is 0 Å². The van der Waals surface area contributed by atoms with Gasteiger partial charge in [0.1, 0.15) is 0 Å². The van der Waals surface area contributed by atoms with Crippen LogP contribution in [-0.2, 0) is 13.0 Å². The van der Waals surface area contributed by atoms with Crippen LogP contribution in [0.25, 0.3) is 0 Å². The largest absolute Gasteiger partial charge is 0.389 e. The second kappa shape index (κ2) is 4.67. The van der Waals surface area contributed by atoms with Gasteiger partial charge < -0.3 is 5.11 Å². The lowest BCUT2D eigenvalue weighted by atomic mass is 9.95. The Bertz CT molecular complexity index is 400. The first-order chi connectivity index (χ1) is 7.92. The Hall–Kier alpha value is -0.450. The molecule has 1 aromatic rings. The maximum Gasteiger partial charge on any atom is 0.0900 e. The molecule has 17 heavy (non-hydrogen) atoms. The smallest absolute Gasteiger partial charge is 0.0900 e. The third-order valence-corrected chi connectivity index (χ3v) is 4.72. The molecule has 1 fully saturated rings. The van der Waals surface area contributed by atoms with Gasteiger partial charge in [0, 0.05) is 24.5 Å². The van der Waals surface area contributed by atoms with Crippen LogP contribution in [0.3, 0.4) is 0 Å². The molecule has 1 aliphatic rings. The molecule has 0 amide bonds. The Morgan fingerprint density at radius 2 is 2.29 bits per heavy atom. The van der Waals surface area contributed by atoms with Crippen LogP contribution in [0.4, 0.5) is 0 Å². The summed E-state index contributed by atoms with van der Waals surface area (Å²) in [5.41, 5.74) is 0.693. The van der Waals surface area contributed by atoms with Crippen molar-refractivity contribution in [2.45, 2.75) is 46.3 Å². The van der Waals surface area contributed by atoms with Crippen molar-refractivity contribution in [3.63, 3.8) is 0 Å². The Labute approximate surface area is 107 Å². The highest BCUT2D eigenvalue weighted by molar-refractivity contribution is 7.11. The standard InChI is InChI=1S/C13H22N2OS/c1-5-11-12(17-10(3)14-11)7-15-6-9(2)13(4,16)8-15/h9,16H,5-8H2,1-4H3/t9-,13+/m1/s1. The molecule has 1 N–H and O–H groups in total. The van der Waals surface area contributed by atoms with E-state index < -0.39 is 5.60 Å². The number of thiazole rings is 1. The number of nitrogens with zero attached hydrogens (tertiary/aromatic N) is 2. The van der Waals surface area contributed by atoms with Gasteiger partial charge in [-0.3, -0.25) is 4.90 Å². The first-order valence-electron chi connectivity index (χ1n) is 6.32. The molecule has 0 aromatic carbocycles. The summed E-state index contributed by atoms with van der Waals surface area (Å²) in [6.45, 7) is 11.0. The molecule has 0 saturated carbocycles. The first kappa shape index (κ1) is 13.0. The fourth-order valence-electron chi connectivity index (χ4n) is 2.49. The molecule has 3 nitrogen and oxygen atoms in total. The summed E-state index contributed by atoms with van der Waals surface area (Å²) in [5.74, 6) is 0.349. The zero-order valence-electron chi connectivity index (χ0n) is 11.2. The number of hydrogen-bond donors (Lipinski definition) is 1. The Morgan fingerprint density at radius 1 is 1.59 bits per heavy atom. The van der Waals surface area contributed by atoms with Gasteiger partial charge in [-0.25, -0.2) is 4.98 Å². The van der Waals surface area contributed by atoms with Crippen LogP contribution in [0.15, 0.2) is 0 Å². The van der Waals surface area contributed by atoms with E-state index in [0.717, 1.165) is 31.1 Å². The average Bonchev–Trinajstić information content (AvgIpc) is 2.68. The van der Waals surface area contributed by atoms with E-state index in [1.54, 1.807) is 11.3 Å². The Morgan fingerprint density at radius 3 is 2.82 bits per heavy atom. The number of likely N-dealkylation sites (tertiary alicyclic amines) is 1. The van der Waals surface area contributed by atoms with E-state index in [2.05, 4.69) is 30.7 Å². The van der Waals surface area contributed by atoms with Crippen LogP contribution in [0.2, 0.25) is 0 Å². The molecular formula is C13H22N2OS. The molecule has 0 spiro atoms. The number of aryl methyl sites for hydroxylation is 2. The van der Waals surface area contributed by atoms with E-state index in [4.69, 9.17) is 0 Å². The summed E-state index contributed by atoms with van der Waals surface area (Å²) >= 11 is 1.79. The lowest BCUT2D eigenvalue weighted by molar-refractivity contribution is 0.0364. The van der Waals surface area contributed by atoms with Gasteiger partial charge >= 0.3 is 0 Å². The van der Waals surface area contributed by atoms with Crippen molar-refractivity contribution in [1.82, 2.24) is 9.88 Å². The summed E-state index contributed by atoms with van der Waals surface area (Å²) in [5, 5.41) is 11.3. The highest BCUT2D eigenvalue weighted by Crippen LogP contribution is 2.29. The SMILES string of the molecule is CCc1nc(C)sc1CN1C[C@@H](C)[C@@](C)(O)C1. The van der Waals surface area contributed by atoms with E-state index in [9.17, 15) is 5.11 Å². The molecule has 0 radical (unpaired) electrons. The molecule has 2 heterocycles. The summed E-state index contributed by atoms with van der Waals surface area (Å²) in [7, 11) is 0. The maximum atomic E-state index is 10.2. The molecule has 1 aromatic heterocycles. The number of rotatable bonds is 3. The third kappa shape index (κ3) is 2.69. The Kier molecular flexibility index (Phi) is 3.57. The van der Waals surface area contributed by atoms with Crippen molar-refractivity contribution in [2.24, 2.45) is 5.92 Å². The van der Waals surface area contributed by atoms with Crippen LogP contribution >= 0.6 is 11.3 Å². The summed E-state index contributed by atoms with van der Waals surface area (Å²) in [6, 6.07) is 0. The topological polar surface area (TPSA) is 36.4 Å². The molecule has 4 heteroatoms. The van der Waals surface area contributed by atoms with E-state index in [1.807, 2.05) is 6.92 Å². The van der Waals surface area contributed by atoms with Crippen LogP contribution in [0, 0.1) is 12.8 Å². The molecule has 2 rings (SSSR count). The maximum absolute atomic E-state index is 10.2. The van der Waals surface area contributed by atoms with Gasteiger partial charge in [0.15, 0.2) is 0 Å². The molecular weight excluding hydrogens is 232 g/mol. The van der Waals surface area contributed by atoms with Crippen molar-refractivity contribution in [1.29, 1.82) is 0 Å². The lowest BCUT2D eigenvalue weighted by Gasteiger charge is -2.20. The van der Waals surface area contributed by atoms with Gasteiger partial charge in [-0.1, -0.05) is 13.8 Å². The summed E-state index contributed by atoms with van der Waals surface area (Å²) < 4.78 is 0. The number of aromatic nitrogens is 1. The lowest BCUT2D eigenvalue weighted by Crippen LogP contribution is -2.32. The summed E-state index contributed by atoms with van der Waals surface area (Å²) in [6.07, 6.45) is 0.999. The van der Waals surface area contributed by atoms with Crippen molar-refractivity contribution < 1.29 is 5.11 Å².